The van der Waals surface area contributed by atoms with Crippen molar-refractivity contribution in [2.24, 2.45) is 5.92 Å². The second-order valence-electron chi connectivity index (χ2n) is 7.53. The zero-order valence-electron chi connectivity index (χ0n) is 16.4. The van der Waals surface area contributed by atoms with Crippen molar-refractivity contribution in [1.29, 1.82) is 0 Å². The van der Waals surface area contributed by atoms with E-state index in [1.807, 2.05) is 24.0 Å². The van der Waals surface area contributed by atoms with Crippen LogP contribution < -0.4 is 10.2 Å². The van der Waals surface area contributed by atoms with E-state index in [-0.39, 0.29) is 17.7 Å². The lowest BCUT2D eigenvalue weighted by Gasteiger charge is -2.33. The molecular formula is C20H26N4O3S. The van der Waals surface area contributed by atoms with Gasteiger partial charge in [-0.15, -0.1) is 11.3 Å². The molecule has 0 aromatic carbocycles. The molecule has 8 heteroatoms. The zero-order valence-corrected chi connectivity index (χ0v) is 17.2. The highest BCUT2D eigenvalue weighted by molar-refractivity contribution is 7.15. The van der Waals surface area contributed by atoms with Gasteiger partial charge in [-0.05, 0) is 38.3 Å². The molecule has 2 aliphatic rings. The molecule has 150 valence electrons. The van der Waals surface area contributed by atoms with Gasteiger partial charge in [0.15, 0.2) is 5.13 Å². The molecule has 7 nitrogen and oxygen atoms in total. The topological polar surface area (TPSA) is 78.7 Å². The second-order valence-corrected chi connectivity index (χ2v) is 8.59. The third kappa shape index (κ3) is 4.06. The molecule has 1 fully saturated rings. The molecule has 0 saturated carbocycles. The van der Waals surface area contributed by atoms with Crippen molar-refractivity contribution < 1.29 is 14.0 Å². The molecule has 0 bridgehead atoms. The monoisotopic (exact) mass is 402 g/mol. The quantitative estimate of drug-likeness (QED) is 0.848. The molecule has 3 heterocycles. The van der Waals surface area contributed by atoms with Crippen molar-refractivity contribution in [1.82, 2.24) is 15.2 Å². The molecule has 1 N–H and O–H groups in total. The Morgan fingerprint density at radius 3 is 2.75 bits per heavy atom. The molecule has 1 aliphatic heterocycles. The van der Waals surface area contributed by atoms with Gasteiger partial charge in [0, 0.05) is 43.9 Å². The highest BCUT2D eigenvalue weighted by Gasteiger charge is 2.29. The molecule has 0 spiro atoms. The number of anilines is 1. The minimum atomic E-state index is -0.00794. The van der Waals surface area contributed by atoms with Crippen molar-refractivity contribution >= 4 is 28.3 Å². The van der Waals surface area contributed by atoms with Gasteiger partial charge in [0.2, 0.25) is 11.8 Å². The first-order valence-electron chi connectivity index (χ1n) is 9.81. The number of nitrogens with zero attached hydrogens (tertiary/aromatic N) is 3. The zero-order chi connectivity index (χ0) is 19.7. The SMILES string of the molecule is CC(=O)N1CCN(c2nc3c(s2)C[C@H](C(=O)NCc2ccc(C)o2)CC3)CC1. The van der Waals surface area contributed by atoms with Crippen LogP contribution in [-0.2, 0) is 29.0 Å². The minimum Gasteiger partial charge on any atom is -0.465 e. The summed E-state index contributed by atoms with van der Waals surface area (Å²) in [6.45, 7) is 7.08. The first-order chi connectivity index (χ1) is 13.5. The van der Waals surface area contributed by atoms with E-state index in [0.29, 0.717) is 6.54 Å². The van der Waals surface area contributed by atoms with Crippen LogP contribution in [0.25, 0.3) is 0 Å². The van der Waals surface area contributed by atoms with E-state index in [1.165, 1.54) is 4.88 Å². The number of furan rings is 1. The molecule has 4 rings (SSSR count). The first kappa shape index (κ1) is 19.0. The summed E-state index contributed by atoms with van der Waals surface area (Å²) in [5.41, 5.74) is 1.14. The van der Waals surface area contributed by atoms with Gasteiger partial charge in [0.1, 0.15) is 11.5 Å². The molecule has 2 aromatic heterocycles. The normalized spacial score (nSPS) is 19.4. The lowest BCUT2D eigenvalue weighted by molar-refractivity contribution is -0.129. The summed E-state index contributed by atoms with van der Waals surface area (Å²) in [6.07, 6.45) is 2.43. The van der Waals surface area contributed by atoms with Crippen LogP contribution in [-0.4, -0.2) is 47.9 Å². The largest absolute Gasteiger partial charge is 0.465 e. The van der Waals surface area contributed by atoms with Crippen LogP contribution in [0.1, 0.15) is 35.4 Å². The third-order valence-corrected chi connectivity index (χ3v) is 6.71. The summed E-state index contributed by atoms with van der Waals surface area (Å²) < 4.78 is 5.52. The fourth-order valence-electron chi connectivity index (χ4n) is 3.83. The van der Waals surface area contributed by atoms with E-state index < -0.39 is 0 Å². The predicted molar refractivity (Wildman–Crippen MR) is 107 cm³/mol. The summed E-state index contributed by atoms with van der Waals surface area (Å²) in [7, 11) is 0. The highest BCUT2D eigenvalue weighted by Crippen LogP contribution is 2.34. The Hall–Kier alpha value is -2.35. The third-order valence-electron chi connectivity index (χ3n) is 5.53. The maximum atomic E-state index is 12.6. The van der Waals surface area contributed by atoms with Crippen LogP contribution in [0.4, 0.5) is 5.13 Å². The number of fused-ring (bicyclic) bond motifs is 1. The standard InChI is InChI=1S/C20H26N4O3S/c1-13-3-5-16(27-13)12-21-19(26)15-4-6-17-18(11-15)28-20(22-17)24-9-7-23(8-10-24)14(2)25/h3,5,15H,4,6-12H2,1-2H3,(H,21,26)/t15-/m1/s1. The van der Waals surface area contributed by atoms with Crippen molar-refractivity contribution in [3.63, 3.8) is 0 Å². The van der Waals surface area contributed by atoms with Crippen LogP contribution in [0.2, 0.25) is 0 Å². The van der Waals surface area contributed by atoms with Gasteiger partial charge in [0.25, 0.3) is 0 Å². The van der Waals surface area contributed by atoms with Crippen molar-refractivity contribution in [3.05, 3.63) is 34.2 Å². The van der Waals surface area contributed by atoms with Gasteiger partial charge in [-0.2, -0.15) is 0 Å². The summed E-state index contributed by atoms with van der Waals surface area (Å²) >= 11 is 1.70. The van der Waals surface area contributed by atoms with Crippen LogP contribution in [0.5, 0.6) is 0 Å². The number of rotatable bonds is 4. The van der Waals surface area contributed by atoms with Crippen LogP contribution in [0.15, 0.2) is 16.5 Å². The summed E-state index contributed by atoms with van der Waals surface area (Å²) in [5, 5.41) is 4.03. The number of aromatic nitrogens is 1. The Kier molecular flexibility index (Phi) is 5.39. The van der Waals surface area contributed by atoms with Crippen molar-refractivity contribution in [3.8, 4) is 0 Å². The Morgan fingerprint density at radius 2 is 2.07 bits per heavy atom. The number of aryl methyl sites for hydroxylation is 2. The molecule has 2 amide bonds. The molecule has 0 unspecified atom stereocenters. The number of amides is 2. The molecule has 28 heavy (non-hydrogen) atoms. The fraction of sp³-hybridized carbons (Fsp3) is 0.550. The summed E-state index contributed by atoms with van der Waals surface area (Å²) in [6, 6.07) is 3.80. The predicted octanol–water partition coefficient (Wildman–Crippen LogP) is 2.13. The van der Waals surface area contributed by atoms with E-state index in [0.717, 1.165) is 67.8 Å². The van der Waals surface area contributed by atoms with Gasteiger partial charge in [-0.25, -0.2) is 4.98 Å². The average molecular weight is 403 g/mol. The smallest absolute Gasteiger partial charge is 0.223 e. The summed E-state index contributed by atoms with van der Waals surface area (Å²) in [5.74, 6) is 1.85. The number of hydrogen-bond donors (Lipinski definition) is 1. The van der Waals surface area contributed by atoms with Crippen molar-refractivity contribution in [2.45, 2.75) is 39.7 Å². The molecule has 1 saturated heterocycles. The number of nitrogens with one attached hydrogen (secondary N) is 1. The first-order valence-corrected chi connectivity index (χ1v) is 10.6. The van der Waals surface area contributed by atoms with Gasteiger partial charge in [0.05, 0.1) is 12.2 Å². The maximum absolute atomic E-state index is 12.6. The minimum absolute atomic E-state index is 0.00794. The van der Waals surface area contributed by atoms with Gasteiger partial charge >= 0.3 is 0 Å². The molecule has 1 aliphatic carbocycles. The number of thiazole rings is 1. The molecule has 1 atom stereocenters. The number of carbonyl (C=O) groups is 2. The molecular weight excluding hydrogens is 376 g/mol. The van der Waals surface area contributed by atoms with E-state index in [1.54, 1.807) is 18.3 Å². The maximum Gasteiger partial charge on any atom is 0.223 e. The highest BCUT2D eigenvalue weighted by atomic mass is 32.1. The fourth-order valence-corrected chi connectivity index (χ4v) is 5.07. The van der Waals surface area contributed by atoms with Gasteiger partial charge < -0.3 is 19.5 Å². The Labute approximate surface area is 168 Å². The number of carbonyl (C=O) groups excluding carboxylic acids is 2. The van der Waals surface area contributed by atoms with E-state index >= 15 is 0 Å². The van der Waals surface area contributed by atoms with E-state index in [2.05, 4.69) is 10.2 Å². The second kappa shape index (κ2) is 7.95. The lowest BCUT2D eigenvalue weighted by Crippen LogP contribution is -2.48. The molecule has 0 radical (unpaired) electrons. The lowest BCUT2D eigenvalue weighted by atomic mass is 9.90. The number of piperazine rings is 1. The Bertz CT molecular complexity index is 867. The Morgan fingerprint density at radius 1 is 1.29 bits per heavy atom. The summed E-state index contributed by atoms with van der Waals surface area (Å²) in [4.78, 5) is 34.3. The average Bonchev–Trinajstić information content (AvgIpc) is 3.31. The van der Waals surface area contributed by atoms with Crippen LogP contribution >= 0.6 is 11.3 Å². The Balaban J connectivity index is 1.34. The van der Waals surface area contributed by atoms with Gasteiger partial charge in [-0.1, -0.05) is 0 Å². The van der Waals surface area contributed by atoms with Crippen LogP contribution in [0, 0.1) is 12.8 Å². The van der Waals surface area contributed by atoms with Crippen LogP contribution in [0.3, 0.4) is 0 Å². The van der Waals surface area contributed by atoms with E-state index in [4.69, 9.17) is 9.40 Å². The van der Waals surface area contributed by atoms with E-state index in [9.17, 15) is 9.59 Å². The van der Waals surface area contributed by atoms with Gasteiger partial charge in [-0.3, -0.25) is 9.59 Å². The van der Waals surface area contributed by atoms with Crippen molar-refractivity contribution in [2.75, 3.05) is 31.1 Å². The molecule has 2 aromatic rings. The number of hydrogen-bond acceptors (Lipinski definition) is 6.